The highest BCUT2D eigenvalue weighted by Crippen LogP contribution is 2.47. The molecule has 1 N–H and O–H groups in total. The average molecular weight is 365 g/mol. The lowest BCUT2D eigenvalue weighted by Crippen LogP contribution is -2.46. The van der Waals surface area contributed by atoms with Crippen LogP contribution in [-0.4, -0.2) is 30.1 Å². The second kappa shape index (κ2) is 7.03. The van der Waals surface area contributed by atoms with Crippen LogP contribution < -0.4 is 5.32 Å². The summed E-state index contributed by atoms with van der Waals surface area (Å²) in [4.78, 5) is 2.69. The Balaban J connectivity index is 1.49. The van der Waals surface area contributed by atoms with E-state index in [0.29, 0.717) is 18.0 Å². The van der Waals surface area contributed by atoms with Crippen molar-refractivity contribution in [3.05, 3.63) is 58.9 Å². The molecular formula is C24H29FN2. The summed E-state index contributed by atoms with van der Waals surface area (Å²) < 4.78 is 14.2. The van der Waals surface area contributed by atoms with E-state index in [4.69, 9.17) is 0 Å². The molecule has 0 unspecified atom stereocenters. The Morgan fingerprint density at radius 1 is 1.11 bits per heavy atom. The molecule has 0 spiro atoms. The lowest BCUT2D eigenvalue weighted by molar-refractivity contribution is 0.193. The van der Waals surface area contributed by atoms with Crippen molar-refractivity contribution in [3.63, 3.8) is 0 Å². The number of hydrogen-bond acceptors (Lipinski definition) is 2. The third-order valence-electron chi connectivity index (χ3n) is 6.78. The molecule has 0 radical (unpaired) electrons. The van der Waals surface area contributed by atoms with Gasteiger partial charge in [-0.1, -0.05) is 30.3 Å². The molecule has 0 aromatic heterocycles. The highest BCUT2D eigenvalue weighted by molar-refractivity contribution is 5.70. The van der Waals surface area contributed by atoms with Gasteiger partial charge < -0.3 is 5.32 Å². The zero-order valence-corrected chi connectivity index (χ0v) is 16.2. The van der Waals surface area contributed by atoms with Gasteiger partial charge in [0.2, 0.25) is 0 Å². The third-order valence-corrected chi connectivity index (χ3v) is 6.78. The van der Waals surface area contributed by atoms with Gasteiger partial charge in [-0.05, 0) is 85.4 Å². The predicted molar refractivity (Wildman–Crippen MR) is 108 cm³/mol. The fourth-order valence-electron chi connectivity index (χ4n) is 5.17. The molecule has 2 atom stereocenters. The molecule has 1 aliphatic carbocycles. The monoisotopic (exact) mass is 364 g/mol. The number of halogens is 1. The normalized spacial score (nSPS) is 25.6. The maximum atomic E-state index is 14.2. The van der Waals surface area contributed by atoms with Crippen molar-refractivity contribution in [2.75, 3.05) is 13.1 Å². The minimum atomic E-state index is -0.102. The Morgan fingerprint density at radius 2 is 2.00 bits per heavy atom. The van der Waals surface area contributed by atoms with Crippen molar-refractivity contribution in [1.82, 2.24) is 10.2 Å². The van der Waals surface area contributed by atoms with Gasteiger partial charge >= 0.3 is 0 Å². The van der Waals surface area contributed by atoms with Gasteiger partial charge in [0, 0.05) is 25.2 Å². The second-order valence-corrected chi connectivity index (χ2v) is 8.65. The van der Waals surface area contributed by atoms with Gasteiger partial charge in [0.05, 0.1) is 0 Å². The van der Waals surface area contributed by atoms with Crippen LogP contribution in [0.25, 0.3) is 11.1 Å². The largest absolute Gasteiger partial charge is 0.312 e. The highest BCUT2D eigenvalue weighted by atomic mass is 19.1. The number of aryl methyl sites for hydroxylation is 1. The summed E-state index contributed by atoms with van der Waals surface area (Å²) in [5.74, 6) is 0.554. The summed E-state index contributed by atoms with van der Waals surface area (Å²) in [5.41, 5.74) is 5.93. The van der Waals surface area contributed by atoms with Crippen LogP contribution in [0.4, 0.5) is 4.39 Å². The summed E-state index contributed by atoms with van der Waals surface area (Å²) >= 11 is 0. The van der Waals surface area contributed by atoms with Crippen molar-refractivity contribution in [2.45, 2.75) is 63.6 Å². The van der Waals surface area contributed by atoms with Crippen LogP contribution in [0.1, 0.15) is 54.7 Å². The topological polar surface area (TPSA) is 15.3 Å². The lowest BCUT2D eigenvalue weighted by atomic mass is 9.91. The zero-order valence-electron chi connectivity index (χ0n) is 16.2. The summed E-state index contributed by atoms with van der Waals surface area (Å²) in [6, 6.07) is 13.7. The average Bonchev–Trinajstić information content (AvgIpc) is 3.45. The molecular weight excluding hydrogens is 335 g/mol. The standard InChI is InChI=1S/C24H29FN2/c1-16-7-8-18(14-21(16)25)20-5-2-4-19(24(20)17-9-10-17)15-27-13-11-22-23(27)6-3-12-26-22/h2,4-5,7-8,14,17,22-23,26H,3,6,9-13,15H2,1H3/t22-,23-/m0/s1. The van der Waals surface area contributed by atoms with Crippen LogP contribution in [0.15, 0.2) is 36.4 Å². The molecule has 3 heteroatoms. The maximum absolute atomic E-state index is 14.2. The van der Waals surface area contributed by atoms with E-state index in [1.54, 1.807) is 6.07 Å². The minimum Gasteiger partial charge on any atom is -0.312 e. The van der Waals surface area contributed by atoms with Crippen LogP contribution in [0.2, 0.25) is 0 Å². The van der Waals surface area contributed by atoms with Crippen molar-refractivity contribution < 1.29 is 4.39 Å². The molecule has 2 heterocycles. The maximum Gasteiger partial charge on any atom is 0.126 e. The molecule has 0 amide bonds. The quantitative estimate of drug-likeness (QED) is 0.821. The van der Waals surface area contributed by atoms with Gasteiger partial charge in [0.1, 0.15) is 5.82 Å². The van der Waals surface area contributed by atoms with Crippen LogP contribution in [0.5, 0.6) is 0 Å². The van der Waals surface area contributed by atoms with Gasteiger partial charge in [-0.15, -0.1) is 0 Å². The Hall–Kier alpha value is -1.71. The van der Waals surface area contributed by atoms with Gasteiger partial charge in [0.15, 0.2) is 0 Å². The van der Waals surface area contributed by atoms with Gasteiger partial charge in [0.25, 0.3) is 0 Å². The van der Waals surface area contributed by atoms with Crippen LogP contribution >= 0.6 is 0 Å². The van der Waals surface area contributed by atoms with E-state index in [2.05, 4.69) is 34.5 Å². The number of piperidine rings is 1. The molecule has 2 aliphatic heterocycles. The molecule has 0 bridgehead atoms. The summed E-state index contributed by atoms with van der Waals surface area (Å²) in [6.07, 6.45) is 6.42. The van der Waals surface area contributed by atoms with Gasteiger partial charge in [-0.3, -0.25) is 4.90 Å². The number of fused-ring (bicyclic) bond motifs is 1. The van der Waals surface area contributed by atoms with E-state index in [1.807, 2.05) is 13.0 Å². The van der Waals surface area contributed by atoms with Crippen molar-refractivity contribution in [3.8, 4) is 11.1 Å². The second-order valence-electron chi connectivity index (χ2n) is 8.65. The number of nitrogens with one attached hydrogen (secondary N) is 1. The van der Waals surface area contributed by atoms with Crippen molar-refractivity contribution >= 4 is 0 Å². The molecule has 2 saturated heterocycles. The van der Waals surface area contributed by atoms with Crippen molar-refractivity contribution in [2.24, 2.45) is 0 Å². The first-order chi connectivity index (χ1) is 13.2. The van der Waals surface area contributed by atoms with Crippen LogP contribution in [0.3, 0.4) is 0 Å². The number of likely N-dealkylation sites (tertiary alicyclic amines) is 1. The molecule has 5 rings (SSSR count). The molecule has 2 aromatic rings. The fraction of sp³-hybridized carbons (Fsp3) is 0.500. The Morgan fingerprint density at radius 3 is 2.81 bits per heavy atom. The lowest BCUT2D eigenvalue weighted by Gasteiger charge is -2.33. The summed E-state index contributed by atoms with van der Waals surface area (Å²) in [6.45, 7) is 5.24. The van der Waals surface area contributed by atoms with E-state index in [-0.39, 0.29) is 5.82 Å². The smallest absolute Gasteiger partial charge is 0.126 e. The first kappa shape index (κ1) is 17.4. The molecule has 3 aliphatic rings. The third kappa shape index (κ3) is 3.32. The fourth-order valence-corrected chi connectivity index (χ4v) is 5.17. The summed E-state index contributed by atoms with van der Waals surface area (Å²) in [7, 11) is 0. The van der Waals surface area contributed by atoms with E-state index < -0.39 is 0 Å². The van der Waals surface area contributed by atoms with E-state index in [1.165, 1.54) is 61.9 Å². The van der Waals surface area contributed by atoms with E-state index in [0.717, 1.165) is 17.7 Å². The number of hydrogen-bond donors (Lipinski definition) is 1. The summed E-state index contributed by atoms with van der Waals surface area (Å²) in [5, 5.41) is 3.71. The molecule has 2 nitrogen and oxygen atoms in total. The van der Waals surface area contributed by atoms with Gasteiger partial charge in [-0.25, -0.2) is 4.39 Å². The van der Waals surface area contributed by atoms with Crippen LogP contribution in [-0.2, 0) is 6.54 Å². The first-order valence-corrected chi connectivity index (χ1v) is 10.6. The molecule has 1 saturated carbocycles. The van der Waals surface area contributed by atoms with Gasteiger partial charge in [-0.2, -0.15) is 0 Å². The van der Waals surface area contributed by atoms with E-state index >= 15 is 0 Å². The zero-order chi connectivity index (χ0) is 18.4. The van der Waals surface area contributed by atoms with Crippen molar-refractivity contribution in [1.29, 1.82) is 0 Å². The van der Waals surface area contributed by atoms with E-state index in [9.17, 15) is 4.39 Å². The predicted octanol–water partition coefficient (Wildman–Crippen LogP) is 5.00. The number of rotatable bonds is 4. The minimum absolute atomic E-state index is 0.102. The highest BCUT2D eigenvalue weighted by Gasteiger charge is 2.36. The molecule has 142 valence electrons. The first-order valence-electron chi connectivity index (χ1n) is 10.6. The Bertz CT molecular complexity index is 842. The Kier molecular flexibility index (Phi) is 4.53. The Labute approximate surface area is 161 Å². The van der Waals surface area contributed by atoms with Crippen LogP contribution in [0, 0.1) is 12.7 Å². The SMILES string of the molecule is Cc1ccc(-c2cccc(CN3CC[C@@H]4NCCC[C@@H]43)c2C2CC2)cc1F. The molecule has 27 heavy (non-hydrogen) atoms. The molecule has 2 aromatic carbocycles. The number of nitrogens with zero attached hydrogens (tertiary/aromatic N) is 1. The number of benzene rings is 2. The molecule has 3 fully saturated rings.